The van der Waals surface area contributed by atoms with E-state index in [-0.39, 0.29) is 6.73 Å². The topological polar surface area (TPSA) is 36.8 Å². The van der Waals surface area contributed by atoms with Crippen molar-refractivity contribution in [2.45, 2.75) is 0 Å². The largest absolute Gasteiger partial charge is 0.347 e. The number of hydrogen-bond acceptors (Lipinski definition) is 1. The lowest BCUT2D eigenvalue weighted by atomic mass is 11.2. The van der Waals surface area contributed by atoms with Gasteiger partial charge in [0.25, 0.3) is 0 Å². The van der Waals surface area contributed by atoms with Crippen LogP contribution in [0.5, 0.6) is 0 Å². The van der Waals surface area contributed by atoms with Crippen LogP contribution in [0.25, 0.3) is 0 Å². The van der Waals surface area contributed by atoms with Crippen LogP contribution < -0.4 is 5.32 Å². The number of rotatable bonds is 1. The maximum atomic E-state index is 7.82. The Balaban J connectivity index is 1.97. The molecule has 0 unspecified atom stereocenters. The normalized spacial score (nSPS) is 7.50. The zero-order valence-electron chi connectivity index (χ0n) is 2.73. The van der Waals surface area contributed by atoms with Gasteiger partial charge in [0.15, 0.2) is 6.73 Å². The first-order valence-electron chi connectivity index (χ1n) is 1.30. The molecule has 0 atom stereocenters. The van der Waals surface area contributed by atoms with Gasteiger partial charge in [0, 0.05) is 0 Å². The van der Waals surface area contributed by atoms with Crippen molar-refractivity contribution >= 4 is 0 Å². The average Bonchev–Trinajstić information content (AvgIpc) is 1.37. The molecule has 0 fully saturated rings. The molecular formula is C2H8NO+. The standard InChI is InChI=1S/C2H7NO/c1-3-2-4/h3-4H,2H2,1H3/p+1. The third-order valence-corrected chi connectivity index (χ3v) is 0.183. The molecular weight excluding hydrogens is 54.0 g/mol. The summed E-state index contributed by atoms with van der Waals surface area (Å²) in [6.45, 7) is 0.194. The van der Waals surface area contributed by atoms with Crippen LogP contribution >= 0.6 is 0 Å². The van der Waals surface area contributed by atoms with Crippen LogP contribution in [0.15, 0.2) is 0 Å². The molecule has 26 valence electrons. The first-order valence-corrected chi connectivity index (χ1v) is 1.30. The SMILES string of the molecule is C[NH2+]CO. The van der Waals surface area contributed by atoms with E-state index in [1.54, 1.807) is 12.4 Å². The van der Waals surface area contributed by atoms with Crippen molar-refractivity contribution in [3.63, 3.8) is 0 Å². The molecule has 0 radical (unpaired) electrons. The molecule has 0 aliphatic rings. The smallest absolute Gasteiger partial charge is 0.176 e. The molecule has 0 saturated heterocycles. The molecule has 0 heterocycles. The van der Waals surface area contributed by atoms with Crippen LogP contribution in [0.2, 0.25) is 0 Å². The molecule has 0 aromatic carbocycles. The van der Waals surface area contributed by atoms with E-state index in [4.69, 9.17) is 5.11 Å². The van der Waals surface area contributed by atoms with Gasteiger partial charge in [-0.2, -0.15) is 0 Å². The van der Waals surface area contributed by atoms with Crippen LogP contribution in [0.1, 0.15) is 0 Å². The summed E-state index contributed by atoms with van der Waals surface area (Å²) in [5, 5.41) is 9.50. The zero-order chi connectivity index (χ0) is 3.41. The summed E-state index contributed by atoms with van der Waals surface area (Å²) in [5.74, 6) is 0. The fraction of sp³-hybridized carbons (Fsp3) is 1.00. The van der Waals surface area contributed by atoms with E-state index in [1.807, 2.05) is 0 Å². The first-order chi connectivity index (χ1) is 1.91. The van der Waals surface area contributed by atoms with Gasteiger partial charge in [-0.05, 0) is 0 Å². The molecule has 0 aliphatic carbocycles. The maximum absolute atomic E-state index is 7.82. The Morgan fingerprint density at radius 3 is 2.25 bits per heavy atom. The van der Waals surface area contributed by atoms with Crippen molar-refractivity contribution in [3.05, 3.63) is 0 Å². The van der Waals surface area contributed by atoms with Gasteiger partial charge in [0.2, 0.25) is 0 Å². The molecule has 4 heavy (non-hydrogen) atoms. The van der Waals surface area contributed by atoms with E-state index in [0.717, 1.165) is 0 Å². The van der Waals surface area contributed by atoms with Crippen LogP contribution in [-0.2, 0) is 0 Å². The Kier molecular flexibility index (Phi) is 2.86. The average molecular weight is 62.1 g/mol. The summed E-state index contributed by atoms with van der Waals surface area (Å²) in [7, 11) is 1.81. The zero-order valence-corrected chi connectivity index (χ0v) is 2.73. The second kappa shape index (κ2) is 2.92. The van der Waals surface area contributed by atoms with Gasteiger partial charge < -0.3 is 10.4 Å². The number of hydrogen-bond donors (Lipinski definition) is 2. The number of aliphatic hydroxyl groups is 1. The van der Waals surface area contributed by atoms with E-state index in [9.17, 15) is 0 Å². The van der Waals surface area contributed by atoms with Crippen molar-refractivity contribution in [3.8, 4) is 0 Å². The lowest BCUT2D eigenvalue weighted by Crippen LogP contribution is -2.79. The molecule has 2 nitrogen and oxygen atoms in total. The minimum atomic E-state index is 0.194. The molecule has 0 amide bonds. The van der Waals surface area contributed by atoms with Gasteiger partial charge in [-0.1, -0.05) is 0 Å². The quantitative estimate of drug-likeness (QED) is 0.343. The van der Waals surface area contributed by atoms with Gasteiger partial charge in [0.1, 0.15) is 0 Å². The second-order valence-corrected chi connectivity index (χ2v) is 0.591. The molecule has 0 spiro atoms. The van der Waals surface area contributed by atoms with Crippen LogP contribution in [0.4, 0.5) is 0 Å². The van der Waals surface area contributed by atoms with Crippen molar-refractivity contribution in [2.75, 3.05) is 13.8 Å². The van der Waals surface area contributed by atoms with E-state index in [1.165, 1.54) is 0 Å². The number of quaternary nitrogens is 1. The van der Waals surface area contributed by atoms with Gasteiger partial charge in [0.05, 0.1) is 7.05 Å². The predicted molar refractivity (Wildman–Crippen MR) is 14.9 cm³/mol. The molecule has 2 heteroatoms. The third kappa shape index (κ3) is 1.92. The van der Waals surface area contributed by atoms with Crippen molar-refractivity contribution in [1.82, 2.24) is 0 Å². The van der Waals surface area contributed by atoms with Crippen LogP contribution in [0, 0.1) is 0 Å². The summed E-state index contributed by atoms with van der Waals surface area (Å²) in [4.78, 5) is 0. The Bertz CT molecular complexity index is 8.00. The molecule has 0 saturated carbocycles. The van der Waals surface area contributed by atoms with Crippen LogP contribution in [0.3, 0.4) is 0 Å². The van der Waals surface area contributed by atoms with Crippen molar-refractivity contribution in [2.24, 2.45) is 0 Å². The summed E-state index contributed by atoms with van der Waals surface area (Å²) < 4.78 is 0. The third-order valence-electron chi connectivity index (χ3n) is 0.183. The van der Waals surface area contributed by atoms with Gasteiger partial charge in [-0.15, -0.1) is 0 Å². The van der Waals surface area contributed by atoms with Crippen LogP contribution in [-0.4, -0.2) is 18.9 Å². The Labute approximate surface area is 25.4 Å². The fourth-order valence-corrected chi connectivity index (χ4v) is 0. The Morgan fingerprint density at radius 2 is 2.25 bits per heavy atom. The minimum Gasteiger partial charge on any atom is -0.347 e. The first kappa shape index (κ1) is 3.92. The minimum absolute atomic E-state index is 0.194. The highest BCUT2D eigenvalue weighted by molar-refractivity contribution is 3.55. The highest BCUT2D eigenvalue weighted by Gasteiger charge is 1.54. The molecule has 0 aromatic rings. The van der Waals surface area contributed by atoms with E-state index in [0.29, 0.717) is 0 Å². The molecule has 0 bridgehead atoms. The monoisotopic (exact) mass is 62.1 g/mol. The van der Waals surface area contributed by atoms with E-state index < -0.39 is 0 Å². The summed E-state index contributed by atoms with van der Waals surface area (Å²) in [6.07, 6.45) is 0. The molecule has 0 rings (SSSR count). The molecule has 3 N–H and O–H groups in total. The molecule has 0 aromatic heterocycles. The van der Waals surface area contributed by atoms with Gasteiger partial charge in [-0.3, -0.25) is 0 Å². The maximum Gasteiger partial charge on any atom is 0.176 e. The van der Waals surface area contributed by atoms with Gasteiger partial charge >= 0.3 is 0 Å². The highest BCUT2D eigenvalue weighted by atomic mass is 16.3. The Morgan fingerprint density at radius 1 is 2.00 bits per heavy atom. The molecule has 0 aliphatic heterocycles. The van der Waals surface area contributed by atoms with Crippen molar-refractivity contribution in [1.29, 1.82) is 0 Å². The number of nitrogens with two attached hydrogens (primary N) is 1. The lowest BCUT2D eigenvalue weighted by Gasteiger charge is -1.73. The van der Waals surface area contributed by atoms with E-state index in [2.05, 4.69) is 0 Å². The predicted octanol–water partition coefficient (Wildman–Crippen LogP) is -1.87. The summed E-state index contributed by atoms with van der Waals surface area (Å²) in [6, 6.07) is 0. The summed E-state index contributed by atoms with van der Waals surface area (Å²) >= 11 is 0. The Hall–Kier alpha value is -0.0800. The second-order valence-electron chi connectivity index (χ2n) is 0.591. The summed E-state index contributed by atoms with van der Waals surface area (Å²) in [5.41, 5.74) is 0. The highest BCUT2D eigenvalue weighted by Crippen LogP contribution is 1.02. The van der Waals surface area contributed by atoms with Crippen molar-refractivity contribution < 1.29 is 10.4 Å². The number of aliphatic hydroxyl groups excluding tert-OH is 1. The van der Waals surface area contributed by atoms with Gasteiger partial charge in [-0.25, -0.2) is 0 Å². The van der Waals surface area contributed by atoms with E-state index >= 15 is 0 Å². The fourth-order valence-electron chi connectivity index (χ4n) is 0. The lowest BCUT2D eigenvalue weighted by molar-refractivity contribution is -0.658.